The highest BCUT2D eigenvalue weighted by Crippen LogP contribution is 2.71. The number of carbonyl (C=O) groups is 4. The Bertz CT molecular complexity index is 2570. The van der Waals surface area contributed by atoms with E-state index in [4.69, 9.17) is 42.6 Å². The van der Waals surface area contributed by atoms with E-state index >= 15 is 0 Å². The number of carbonyl (C=O) groups excluding carboxylic acids is 4. The molecule has 382 valence electrons. The normalized spacial score (nSPS) is 39.0. The maximum atomic E-state index is 13.1. The average molecular weight is 973 g/mol. The highest BCUT2D eigenvalue weighted by Gasteiger charge is 2.72. The van der Waals surface area contributed by atoms with E-state index in [9.17, 15) is 29.4 Å². The number of aromatic hydroxyl groups is 2. The minimum absolute atomic E-state index is 0.00458. The lowest BCUT2D eigenvalue weighted by Gasteiger charge is -2.65. The predicted octanol–water partition coefficient (Wildman–Crippen LogP) is 8.93. The zero-order valence-electron chi connectivity index (χ0n) is 43.1. The van der Waals surface area contributed by atoms with Gasteiger partial charge in [-0.1, -0.05) is 55.4 Å². The lowest BCUT2D eigenvalue weighted by Crippen LogP contribution is -2.70. The smallest absolute Gasteiger partial charge is 0.303 e. The number of hydrogen-bond donors (Lipinski definition) is 2. The molecule has 70 heavy (non-hydrogen) atoms. The first kappa shape index (κ1) is 49.0. The quantitative estimate of drug-likeness (QED) is 0.206. The molecule has 15 nitrogen and oxygen atoms in total. The standard InChI is InChI=1S/C55H72O15/c1-25-14-16-38-50(7,8)47(67-29(5)58)36(65-27(3)56)21-52(38,11)54(25)19-32-35(60)18-31-23-63-46(40(31)44(32)69-54)41-34-24-64-49(62-13)42(34)45-33(43(41)61)20-55(70-45)26(2)15-17-39-51(9,10)48(68-30(6)59)37(66-28(4)57)22-53(39,55)12/h18,25-26,36-39,46-49,60-61H,14-17,19-24H2,1-13H3/t25-,26-,36-,37-,38+,39+,46-,47-,48-,49+,52+,53+,54-,55-/m1/s1. The van der Waals surface area contributed by atoms with E-state index in [0.717, 1.165) is 36.8 Å². The van der Waals surface area contributed by atoms with Crippen LogP contribution in [0.1, 0.15) is 173 Å². The second-order valence-corrected chi connectivity index (χ2v) is 23.9. The second-order valence-electron chi connectivity index (χ2n) is 23.9. The van der Waals surface area contributed by atoms with Gasteiger partial charge in [0.1, 0.15) is 64.7 Å². The van der Waals surface area contributed by atoms with Gasteiger partial charge in [0.15, 0.2) is 6.29 Å². The third-order valence-electron chi connectivity index (χ3n) is 19.7. The number of esters is 4. The van der Waals surface area contributed by atoms with Gasteiger partial charge in [0.25, 0.3) is 0 Å². The van der Waals surface area contributed by atoms with Gasteiger partial charge in [0.05, 0.1) is 18.8 Å². The van der Waals surface area contributed by atoms with E-state index in [1.807, 2.05) is 0 Å². The fraction of sp³-hybridized carbons (Fsp3) is 0.709. The molecule has 4 fully saturated rings. The molecule has 2 aromatic carbocycles. The molecule has 4 aliphatic heterocycles. The van der Waals surface area contributed by atoms with Crippen LogP contribution in [0, 0.1) is 45.3 Å². The van der Waals surface area contributed by atoms with E-state index in [2.05, 4.69) is 55.4 Å². The summed E-state index contributed by atoms with van der Waals surface area (Å²) in [4.78, 5) is 50.6. The first-order valence-electron chi connectivity index (χ1n) is 25.4. The van der Waals surface area contributed by atoms with Crippen LogP contribution in [0.2, 0.25) is 0 Å². The Hall–Kier alpha value is -4.60. The van der Waals surface area contributed by atoms with Gasteiger partial charge < -0.3 is 52.8 Å². The number of rotatable bonds is 6. The summed E-state index contributed by atoms with van der Waals surface area (Å²) in [5.41, 5.74) is 0.344. The van der Waals surface area contributed by atoms with Gasteiger partial charge in [0, 0.05) is 91.6 Å². The lowest BCUT2D eigenvalue weighted by atomic mass is 9.43. The molecule has 14 atom stereocenters. The molecule has 4 aliphatic carbocycles. The van der Waals surface area contributed by atoms with Crippen LogP contribution in [-0.4, -0.2) is 76.8 Å². The van der Waals surface area contributed by atoms with Crippen LogP contribution in [0.3, 0.4) is 0 Å². The summed E-state index contributed by atoms with van der Waals surface area (Å²) in [6, 6.07) is 1.77. The van der Waals surface area contributed by atoms with Gasteiger partial charge in [-0.25, -0.2) is 0 Å². The Morgan fingerprint density at radius 3 is 1.54 bits per heavy atom. The molecule has 4 heterocycles. The highest BCUT2D eigenvalue weighted by atomic mass is 16.7. The number of phenolic OH excluding ortho intramolecular Hbond substituents is 2. The summed E-state index contributed by atoms with van der Waals surface area (Å²) in [6.07, 6.45) is 0.245. The zero-order valence-corrected chi connectivity index (χ0v) is 43.1. The number of methoxy groups -OCH3 is 1. The van der Waals surface area contributed by atoms with Crippen molar-refractivity contribution in [2.75, 3.05) is 7.11 Å². The molecule has 0 radical (unpaired) electrons. The molecule has 0 saturated heterocycles. The SMILES string of the molecule is CO[C@H]1OCc2c1c1c(c(O)c2[C@@H]2OCc3cc(O)c4c(c32)O[C@]2(C4)[C@H](C)CC[C@H]3C(C)(C)[C@H](OC(C)=O)[C@H](OC(C)=O)C[C@@]32C)C[C@@]2(O1)[C@H](C)CC[C@H]1C(C)(C)[C@H](OC(C)=O)[C@H](OC(C)=O)C[C@@]12C. The van der Waals surface area contributed by atoms with Crippen molar-refractivity contribution in [1.82, 2.24) is 0 Å². The lowest BCUT2D eigenvalue weighted by molar-refractivity contribution is -0.251. The van der Waals surface area contributed by atoms with E-state index in [0.29, 0.717) is 65.0 Å². The summed E-state index contributed by atoms with van der Waals surface area (Å²) in [5.74, 6) is -0.706. The number of hydrogen-bond acceptors (Lipinski definition) is 15. The number of ether oxygens (including phenoxy) is 9. The Kier molecular flexibility index (Phi) is 11.3. The maximum absolute atomic E-state index is 13.1. The molecular weight excluding hydrogens is 901 g/mol. The second kappa shape index (κ2) is 16.2. The van der Waals surface area contributed by atoms with Crippen molar-refractivity contribution >= 4 is 23.9 Å². The molecule has 2 spiro atoms. The first-order chi connectivity index (χ1) is 32.8. The molecule has 2 aromatic rings. The van der Waals surface area contributed by atoms with Crippen LogP contribution in [0.4, 0.5) is 0 Å². The molecular formula is C55H72O15. The van der Waals surface area contributed by atoms with Gasteiger partial charge in [-0.15, -0.1) is 0 Å². The molecule has 0 unspecified atom stereocenters. The average Bonchev–Trinajstić information content (AvgIpc) is 4.06. The number of benzene rings is 2. The molecule has 8 aliphatic rings. The van der Waals surface area contributed by atoms with Gasteiger partial charge >= 0.3 is 23.9 Å². The summed E-state index contributed by atoms with van der Waals surface area (Å²) in [5, 5.41) is 25.1. The summed E-state index contributed by atoms with van der Waals surface area (Å²) >= 11 is 0. The van der Waals surface area contributed by atoms with E-state index in [-0.39, 0.29) is 48.4 Å². The first-order valence-corrected chi connectivity index (χ1v) is 25.4. The van der Waals surface area contributed by atoms with Gasteiger partial charge in [0.2, 0.25) is 0 Å². The van der Waals surface area contributed by atoms with Crippen LogP contribution in [0.5, 0.6) is 23.0 Å². The van der Waals surface area contributed by atoms with E-state index in [1.54, 1.807) is 13.2 Å². The summed E-state index contributed by atoms with van der Waals surface area (Å²) in [6.45, 7) is 22.9. The largest absolute Gasteiger partial charge is 0.508 e. The Balaban J connectivity index is 1.09. The highest BCUT2D eigenvalue weighted by molar-refractivity contribution is 5.70. The molecule has 2 N–H and O–H groups in total. The zero-order chi connectivity index (χ0) is 50.6. The summed E-state index contributed by atoms with van der Waals surface area (Å²) in [7, 11) is 1.59. The van der Waals surface area contributed by atoms with Crippen molar-refractivity contribution in [3.8, 4) is 23.0 Å². The van der Waals surface area contributed by atoms with Crippen molar-refractivity contribution < 1.29 is 72.0 Å². The summed E-state index contributed by atoms with van der Waals surface area (Å²) < 4.78 is 58.5. The van der Waals surface area contributed by atoms with Gasteiger partial charge in [-0.05, 0) is 79.4 Å². The van der Waals surface area contributed by atoms with Gasteiger partial charge in [-0.2, -0.15) is 0 Å². The minimum atomic E-state index is -0.897. The predicted molar refractivity (Wildman–Crippen MR) is 251 cm³/mol. The molecule has 0 amide bonds. The van der Waals surface area contributed by atoms with Crippen LogP contribution in [-0.2, 0) is 78.4 Å². The van der Waals surface area contributed by atoms with Crippen molar-refractivity contribution in [3.63, 3.8) is 0 Å². The molecule has 10 rings (SSSR count). The van der Waals surface area contributed by atoms with Crippen LogP contribution >= 0.6 is 0 Å². The third kappa shape index (κ3) is 6.60. The number of fused-ring (bicyclic) bond motifs is 10. The van der Waals surface area contributed by atoms with Crippen LogP contribution in [0.15, 0.2) is 6.07 Å². The topological polar surface area (TPSA) is 192 Å². The van der Waals surface area contributed by atoms with Gasteiger partial charge in [-0.3, -0.25) is 19.2 Å². The maximum Gasteiger partial charge on any atom is 0.303 e. The fourth-order valence-electron chi connectivity index (χ4n) is 16.9. The minimum Gasteiger partial charge on any atom is -0.508 e. The Morgan fingerprint density at radius 2 is 1.07 bits per heavy atom. The molecule has 15 heteroatoms. The third-order valence-corrected chi connectivity index (χ3v) is 19.7. The molecule has 4 saturated carbocycles. The van der Waals surface area contributed by atoms with Crippen LogP contribution in [0.25, 0.3) is 0 Å². The fourth-order valence-corrected chi connectivity index (χ4v) is 16.9. The molecule has 0 bridgehead atoms. The van der Waals surface area contributed by atoms with Crippen LogP contribution < -0.4 is 9.47 Å². The van der Waals surface area contributed by atoms with E-state index < -0.39 is 93.5 Å². The van der Waals surface area contributed by atoms with E-state index in [1.165, 1.54) is 27.7 Å². The number of phenols is 2. The van der Waals surface area contributed by atoms with Crippen molar-refractivity contribution in [2.24, 2.45) is 45.3 Å². The van der Waals surface area contributed by atoms with Crippen molar-refractivity contribution in [1.29, 1.82) is 0 Å². The molecule has 0 aromatic heterocycles. The monoisotopic (exact) mass is 972 g/mol. The Morgan fingerprint density at radius 1 is 0.600 bits per heavy atom. The van der Waals surface area contributed by atoms with Crippen molar-refractivity contribution in [2.45, 2.75) is 196 Å². The van der Waals surface area contributed by atoms with Crippen molar-refractivity contribution in [3.05, 3.63) is 45.0 Å². The Labute approximate surface area is 410 Å².